The Labute approximate surface area is 139 Å². The van der Waals surface area contributed by atoms with Crippen LogP contribution in [-0.2, 0) is 9.53 Å². The van der Waals surface area contributed by atoms with Gasteiger partial charge in [0, 0.05) is 23.4 Å². The van der Waals surface area contributed by atoms with Crippen molar-refractivity contribution < 1.29 is 19.1 Å². The molecule has 1 aromatic heterocycles. The van der Waals surface area contributed by atoms with E-state index in [9.17, 15) is 14.4 Å². The van der Waals surface area contributed by atoms with Crippen molar-refractivity contribution in [1.29, 1.82) is 0 Å². The minimum absolute atomic E-state index is 0.139. The number of carbonyl (C=O) groups is 3. The maximum Gasteiger partial charge on any atom is 0.355 e. The van der Waals surface area contributed by atoms with Crippen molar-refractivity contribution in [1.82, 2.24) is 10.3 Å². The number of Topliss-reactive ketones (excluding diaryl/α,β-unsaturated/α-hetero) is 1. The highest BCUT2D eigenvalue weighted by Crippen LogP contribution is 2.24. The van der Waals surface area contributed by atoms with Crippen LogP contribution in [0.15, 0.2) is 42.6 Å². The first-order valence-corrected chi connectivity index (χ1v) is 7.80. The van der Waals surface area contributed by atoms with Crippen LogP contribution in [0.1, 0.15) is 52.3 Å². The number of H-pyrrole nitrogens is 1. The third-order valence-electron chi connectivity index (χ3n) is 3.80. The van der Waals surface area contributed by atoms with Crippen LogP contribution in [0, 0.1) is 0 Å². The summed E-state index contributed by atoms with van der Waals surface area (Å²) in [6, 6.07) is 10.4. The molecule has 1 fully saturated rings. The molecule has 1 aliphatic rings. The molecule has 1 aromatic carbocycles. The van der Waals surface area contributed by atoms with E-state index < -0.39 is 12.1 Å². The van der Waals surface area contributed by atoms with Gasteiger partial charge in [-0.3, -0.25) is 9.59 Å². The van der Waals surface area contributed by atoms with Crippen LogP contribution in [0.25, 0.3) is 0 Å². The Balaban J connectivity index is 1.78. The third kappa shape index (κ3) is 3.71. The summed E-state index contributed by atoms with van der Waals surface area (Å²) in [5, 5.41) is 2.85. The topological polar surface area (TPSA) is 88.3 Å². The number of hydrogen-bond donors (Lipinski definition) is 2. The Morgan fingerprint density at radius 2 is 1.92 bits per heavy atom. The molecule has 6 heteroatoms. The number of ether oxygens (including phenoxy) is 1. The number of aromatic nitrogens is 1. The largest absolute Gasteiger partial charge is 0.443 e. The molecule has 0 radical (unpaired) electrons. The molecule has 1 aliphatic carbocycles. The summed E-state index contributed by atoms with van der Waals surface area (Å²) in [6.07, 6.45) is 2.31. The van der Waals surface area contributed by atoms with Gasteiger partial charge in [0.2, 0.25) is 6.10 Å². The summed E-state index contributed by atoms with van der Waals surface area (Å²) >= 11 is 0. The Morgan fingerprint density at radius 3 is 2.50 bits per heavy atom. The molecule has 0 spiro atoms. The number of hydrogen-bond acceptors (Lipinski definition) is 4. The van der Waals surface area contributed by atoms with Gasteiger partial charge < -0.3 is 15.0 Å². The van der Waals surface area contributed by atoms with Crippen molar-refractivity contribution in [3.8, 4) is 0 Å². The normalized spacial score (nSPS) is 14.7. The second-order valence-electron chi connectivity index (χ2n) is 5.84. The molecule has 0 bridgehead atoms. The SMILES string of the molecule is CC(=O)c1c[nH]c(C(=O)O[C@H](C(=O)NC2CC2)c2ccccc2)c1. The average Bonchev–Trinajstić information content (AvgIpc) is 3.24. The van der Waals surface area contributed by atoms with Crippen LogP contribution in [-0.4, -0.2) is 28.7 Å². The maximum absolute atomic E-state index is 12.4. The standard InChI is InChI=1S/C18H18N2O4/c1-11(21)13-9-15(19-10-13)18(23)24-16(12-5-3-2-4-6-12)17(22)20-14-7-8-14/h2-6,9-10,14,16,19H,7-8H2,1H3,(H,20,22)/t16-/m0/s1. The van der Waals surface area contributed by atoms with Gasteiger partial charge in [-0.1, -0.05) is 30.3 Å². The number of carbonyl (C=O) groups excluding carboxylic acids is 3. The van der Waals surface area contributed by atoms with Gasteiger partial charge in [0.15, 0.2) is 5.78 Å². The van der Waals surface area contributed by atoms with E-state index in [1.807, 2.05) is 6.07 Å². The molecule has 2 aromatic rings. The van der Waals surface area contributed by atoms with E-state index in [-0.39, 0.29) is 23.4 Å². The first-order valence-electron chi connectivity index (χ1n) is 7.80. The zero-order valence-electron chi connectivity index (χ0n) is 13.2. The van der Waals surface area contributed by atoms with Crippen molar-refractivity contribution in [3.05, 3.63) is 59.4 Å². The molecule has 0 aliphatic heterocycles. The molecule has 1 saturated carbocycles. The monoisotopic (exact) mass is 326 g/mol. The van der Waals surface area contributed by atoms with Gasteiger partial charge in [-0.25, -0.2) is 4.79 Å². The van der Waals surface area contributed by atoms with E-state index in [0.29, 0.717) is 11.1 Å². The van der Waals surface area contributed by atoms with Crippen molar-refractivity contribution in [3.63, 3.8) is 0 Å². The van der Waals surface area contributed by atoms with E-state index in [0.717, 1.165) is 12.8 Å². The summed E-state index contributed by atoms with van der Waals surface area (Å²) in [6.45, 7) is 1.41. The number of benzene rings is 1. The molecular weight excluding hydrogens is 308 g/mol. The van der Waals surface area contributed by atoms with Gasteiger partial charge in [-0.2, -0.15) is 0 Å². The molecular formula is C18H18N2O4. The van der Waals surface area contributed by atoms with Crippen LogP contribution < -0.4 is 5.32 Å². The van der Waals surface area contributed by atoms with Crippen molar-refractivity contribution in [2.45, 2.75) is 31.9 Å². The van der Waals surface area contributed by atoms with Crippen molar-refractivity contribution >= 4 is 17.7 Å². The van der Waals surface area contributed by atoms with E-state index in [1.54, 1.807) is 24.3 Å². The highest BCUT2D eigenvalue weighted by Gasteiger charge is 2.31. The van der Waals surface area contributed by atoms with Crippen LogP contribution in [0.3, 0.4) is 0 Å². The molecule has 3 rings (SSSR count). The summed E-state index contributed by atoms with van der Waals surface area (Å²) in [4.78, 5) is 38.8. The van der Waals surface area contributed by atoms with E-state index in [1.165, 1.54) is 19.2 Å². The molecule has 1 heterocycles. The first kappa shape index (κ1) is 16.0. The van der Waals surface area contributed by atoms with Gasteiger partial charge in [-0.15, -0.1) is 0 Å². The smallest absolute Gasteiger partial charge is 0.355 e. The third-order valence-corrected chi connectivity index (χ3v) is 3.80. The molecule has 6 nitrogen and oxygen atoms in total. The van der Waals surface area contributed by atoms with Crippen LogP contribution in [0.2, 0.25) is 0 Å². The quantitative estimate of drug-likeness (QED) is 0.630. The van der Waals surface area contributed by atoms with Crippen LogP contribution in [0.5, 0.6) is 0 Å². The fourth-order valence-corrected chi connectivity index (χ4v) is 2.29. The first-order chi connectivity index (χ1) is 11.5. The number of rotatable bonds is 6. The fourth-order valence-electron chi connectivity index (χ4n) is 2.29. The predicted octanol–water partition coefficient (Wildman–Crippen LogP) is 2.39. The summed E-state index contributed by atoms with van der Waals surface area (Å²) in [5.74, 6) is -1.17. The lowest BCUT2D eigenvalue weighted by atomic mass is 10.1. The Kier molecular flexibility index (Phi) is 4.46. The Hall–Kier alpha value is -2.89. The Bertz CT molecular complexity index is 762. The average molecular weight is 326 g/mol. The van der Waals surface area contributed by atoms with Gasteiger partial charge in [-0.05, 0) is 25.8 Å². The van der Waals surface area contributed by atoms with Crippen molar-refractivity contribution in [2.75, 3.05) is 0 Å². The van der Waals surface area contributed by atoms with Gasteiger partial charge in [0.25, 0.3) is 5.91 Å². The number of aromatic amines is 1. The zero-order chi connectivity index (χ0) is 17.1. The molecule has 0 unspecified atom stereocenters. The highest BCUT2D eigenvalue weighted by molar-refractivity contribution is 5.98. The van der Waals surface area contributed by atoms with Gasteiger partial charge in [0.1, 0.15) is 5.69 Å². The summed E-state index contributed by atoms with van der Waals surface area (Å²) in [5.41, 5.74) is 1.13. The minimum Gasteiger partial charge on any atom is -0.443 e. The van der Waals surface area contributed by atoms with Gasteiger partial charge in [0.05, 0.1) is 0 Å². The minimum atomic E-state index is -1.02. The van der Waals surface area contributed by atoms with E-state index in [4.69, 9.17) is 4.74 Å². The predicted molar refractivity (Wildman–Crippen MR) is 86.6 cm³/mol. The van der Waals surface area contributed by atoms with Gasteiger partial charge >= 0.3 is 5.97 Å². The lowest BCUT2D eigenvalue weighted by Gasteiger charge is -2.17. The Morgan fingerprint density at radius 1 is 1.21 bits per heavy atom. The number of esters is 1. The van der Waals surface area contributed by atoms with E-state index >= 15 is 0 Å². The number of ketones is 1. The molecule has 24 heavy (non-hydrogen) atoms. The lowest BCUT2D eigenvalue weighted by Crippen LogP contribution is -2.33. The zero-order valence-corrected chi connectivity index (χ0v) is 13.2. The molecule has 1 atom stereocenters. The van der Waals surface area contributed by atoms with Crippen LogP contribution in [0.4, 0.5) is 0 Å². The number of amides is 1. The molecule has 124 valence electrons. The summed E-state index contributed by atoms with van der Waals surface area (Å²) < 4.78 is 5.41. The molecule has 1 amide bonds. The lowest BCUT2D eigenvalue weighted by molar-refractivity contribution is -0.130. The second kappa shape index (κ2) is 6.70. The molecule has 2 N–H and O–H groups in total. The highest BCUT2D eigenvalue weighted by atomic mass is 16.5. The number of nitrogens with one attached hydrogen (secondary N) is 2. The fraction of sp³-hybridized carbons (Fsp3) is 0.278. The van der Waals surface area contributed by atoms with Crippen LogP contribution >= 0.6 is 0 Å². The second-order valence-corrected chi connectivity index (χ2v) is 5.84. The van der Waals surface area contributed by atoms with Crippen molar-refractivity contribution in [2.24, 2.45) is 0 Å². The van der Waals surface area contributed by atoms with E-state index in [2.05, 4.69) is 10.3 Å². The summed E-state index contributed by atoms with van der Waals surface area (Å²) in [7, 11) is 0. The molecule has 0 saturated heterocycles. The maximum atomic E-state index is 12.4.